The van der Waals surface area contributed by atoms with Gasteiger partial charge < -0.3 is 8.98 Å². The van der Waals surface area contributed by atoms with Crippen molar-refractivity contribution < 1.29 is 4.42 Å². The van der Waals surface area contributed by atoms with Crippen LogP contribution in [-0.2, 0) is 6.54 Å². The minimum absolute atomic E-state index is 0.0223. The molecular weight excluding hydrogens is 260 g/mol. The van der Waals surface area contributed by atoms with Crippen molar-refractivity contribution in [3.63, 3.8) is 0 Å². The van der Waals surface area contributed by atoms with E-state index in [1.807, 2.05) is 30.5 Å². The topological polar surface area (TPSA) is 48.0 Å². The van der Waals surface area contributed by atoms with Gasteiger partial charge in [0.15, 0.2) is 10.8 Å². The molecule has 0 spiro atoms. The van der Waals surface area contributed by atoms with Gasteiger partial charge in [0.25, 0.3) is 5.56 Å². The van der Waals surface area contributed by atoms with Crippen molar-refractivity contribution in [2.45, 2.75) is 13.5 Å². The maximum atomic E-state index is 11.6. The highest BCUT2D eigenvalue weighted by Crippen LogP contribution is 2.25. The highest BCUT2D eigenvalue weighted by atomic mass is 32.1. The summed E-state index contributed by atoms with van der Waals surface area (Å²) in [4.78, 5) is 16.1. The zero-order chi connectivity index (χ0) is 13.2. The van der Waals surface area contributed by atoms with Crippen LogP contribution >= 0.6 is 11.3 Å². The summed E-state index contributed by atoms with van der Waals surface area (Å²) < 4.78 is 7.17. The zero-order valence-electron chi connectivity index (χ0n) is 10.4. The van der Waals surface area contributed by atoms with Crippen molar-refractivity contribution in [3.8, 4) is 10.8 Å². The molecule has 0 amide bonds. The van der Waals surface area contributed by atoms with Crippen molar-refractivity contribution in [2.24, 2.45) is 0 Å². The number of rotatable bonds is 3. The van der Waals surface area contributed by atoms with Gasteiger partial charge in [-0.05, 0) is 25.1 Å². The molecule has 0 fully saturated rings. The number of hydrogen-bond donors (Lipinski definition) is 0. The number of aryl methyl sites for hydroxylation is 1. The lowest BCUT2D eigenvalue weighted by atomic mass is 10.4. The summed E-state index contributed by atoms with van der Waals surface area (Å²) in [6.45, 7) is 2.39. The van der Waals surface area contributed by atoms with E-state index in [0.29, 0.717) is 6.54 Å². The Morgan fingerprint density at radius 3 is 2.95 bits per heavy atom. The molecule has 0 saturated heterocycles. The molecule has 0 N–H and O–H groups in total. The molecule has 3 aromatic rings. The van der Waals surface area contributed by atoms with Crippen LogP contribution in [0.25, 0.3) is 10.8 Å². The fourth-order valence-electron chi connectivity index (χ4n) is 1.81. The van der Waals surface area contributed by atoms with Crippen LogP contribution in [0.2, 0.25) is 0 Å². The highest BCUT2D eigenvalue weighted by Gasteiger charge is 2.08. The molecule has 0 saturated carbocycles. The summed E-state index contributed by atoms with van der Waals surface area (Å²) in [5, 5.41) is 2.79. The van der Waals surface area contributed by atoms with Crippen molar-refractivity contribution in [3.05, 3.63) is 63.7 Å². The van der Waals surface area contributed by atoms with Crippen molar-refractivity contribution in [2.75, 3.05) is 0 Å². The van der Waals surface area contributed by atoms with Crippen LogP contribution in [0.5, 0.6) is 0 Å². The molecule has 0 atom stereocenters. The lowest BCUT2D eigenvalue weighted by Crippen LogP contribution is -2.18. The van der Waals surface area contributed by atoms with Gasteiger partial charge in [0.1, 0.15) is 5.76 Å². The van der Waals surface area contributed by atoms with Crippen molar-refractivity contribution >= 4 is 11.3 Å². The Kier molecular flexibility index (Phi) is 3.05. The van der Waals surface area contributed by atoms with E-state index in [9.17, 15) is 4.79 Å². The van der Waals surface area contributed by atoms with Crippen LogP contribution < -0.4 is 5.56 Å². The van der Waals surface area contributed by atoms with E-state index in [1.54, 1.807) is 22.9 Å². The van der Waals surface area contributed by atoms with Crippen LogP contribution in [0.15, 0.2) is 51.1 Å². The molecule has 96 valence electrons. The number of aromatic nitrogens is 2. The summed E-state index contributed by atoms with van der Waals surface area (Å²) >= 11 is 1.52. The molecule has 4 nitrogen and oxygen atoms in total. The lowest BCUT2D eigenvalue weighted by Gasteiger charge is -2.00. The third kappa shape index (κ3) is 2.51. The van der Waals surface area contributed by atoms with Gasteiger partial charge in [-0.1, -0.05) is 6.07 Å². The number of nitrogens with zero attached hydrogens (tertiary/aromatic N) is 2. The van der Waals surface area contributed by atoms with Crippen molar-refractivity contribution in [1.29, 1.82) is 0 Å². The largest absolute Gasteiger partial charge is 0.459 e. The maximum absolute atomic E-state index is 11.6. The smallest absolute Gasteiger partial charge is 0.250 e. The predicted octanol–water partition coefficient (Wildman–Crippen LogP) is 2.92. The molecule has 19 heavy (non-hydrogen) atoms. The molecular formula is C14H12N2O2S. The molecule has 0 aliphatic heterocycles. The second kappa shape index (κ2) is 4.85. The molecule has 0 bridgehead atoms. The Hall–Kier alpha value is -2.14. The van der Waals surface area contributed by atoms with Gasteiger partial charge >= 0.3 is 0 Å². The van der Waals surface area contributed by atoms with E-state index >= 15 is 0 Å². The van der Waals surface area contributed by atoms with E-state index < -0.39 is 0 Å². The average molecular weight is 272 g/mol. The minimum Gasteiger partial charge on any atom is -0.459 e. The number of pyridine rings is 1. The first kappa shape index (κ1) is 11.9. The fraction of sp³-hybridized carbons (Fsp3) is 0.143. The number of thiazole rings is 1. The average Bonchev–Trinajstić information content (AvgIpc) is 3.01. The van der Waals surface area contributed by atoms with Gasteiger partial charge in [0.05, 0.1) is 12.2 Å². The normalized spacial score (nSPS) is 10.8. The van der Waals surface area contributed by atoms with Gasteiger partial charge in [-0.3, -0.25) is 4.79 Å². The summed E-state index contributed by atoms with van der Waals surface area (Å²) in [5.74, 6) is 1.64. The first-order valence-corrected chi connectivity index (χ1v) is 6.77. The van der Waals surface area contributed by atoms with Crippen molar-refractivity contribution in [1.82, 2.24) is 9.55 Å². The van der Waals surface area contributed by atoms with Gasteiger partial charge in [-0.25, -0.2) is 4.98 Å². The number of furan rings is 1. The molecule has 0 aliphatic carbocycles. The molecule has 0 unspecified atom stereocenters. The highest BCUT2D eigenvalue weighted by molar-refractivity contribution is 7.13. The van der Waals surface area contributed by atoms with E-state index in [2.05, 4.69) is 4.98 Å². The Balaban J connectivity index is 1.86. The molecule has 3 heterocycles. The minimum atomic E-state index is -0.0223. The summed E-state index contributed by atoms with van der Waals surface area (Å²) in [5.41, 5.74) is 0.841. The summed E-state index contributed by atoms with van der Waals surface area (Å²) in [7, 11) is 0. The quantitative estimate of drug-likeness (QED) is 0.736. The van der Waals surface area contributed by atoms with Crippen LogP contribution in [0.1, 0.15) is 11.5 Å². The molecule has 5 heteroatoms. The Bertz CT molecular complexity index is 754. The maximum Gasteiger partial charge on any atom is 0.250 e. The Morgan fingerprint density at radius 2 is 2.21 bits per heavy atom. The zero-order valence-corrected chi connectivity index (χ0v) is 11.2. The predicted molar refractivity (Wildman–Crippen MR) is 74.4 cm³/mol. The molecule has 3 aromatic heterocycles. The van der Waals surface area contributed by atoms with Gasteiger partial charge in [-0.15, -0.1) is 11.3 Å². The second-order valence-corrected chi connectivity index (χ2v) is 5.08. The molecule has 0 radical (unpaired) electrons. The second-order valence-electron chi connectivity index (χ2n) is 4.22. The fourth-order valence-corrected chi connectivity index (χ4v) is 2.58. The van der Waals surface area contributed by atoms with Crippen LogP contribution in [0.4, 0.5) is 0 Å². The van der Waals surface area contributed by atoms with E-state index in [-0.39, 0.29) is 5.56 Å². The first-order chi connectivity index (χ1) is 9.22. The summed E-state index contributed by atoms with van der Waals surface area (Å²) in [6.07, 6.45) is 1.76. The Labute approximate surface area is 114 Å². The van der Waals surface area contributed by atoms with Crippen LogP contribution in [-0.4, -0.2) is 9.55 Å². The van der Waals surface area contributed by atoms with Crippen LogP contribution in [0.3, 0.4) is 0 Å². The molecule has 3 rings (SSSR count). The van der Waals surface area contributed by atoms with Crippen LogP contribution in [0, 0.1) is 6.92 Å². The van der Waals surface area contributed by atoms with E-state index in [1.165, 1.54) is 11.3 Å². The summed E-state index contributed by atoms with van der Waals surface area (Å²) in [6, 6.07) is 8.94. The third-order valence-corrected chi connectivity index (χ3v) is 3.64. The third-order valence-electron chi connectivity index (χ3n) is 2.73. The molecule has 0 aromatic carbocycles. The van der Waals surface area contributed by atoms with Gasteiger partial charge in [-0.2, -0.15) is 0 Å². The Morgan fingerprint density at radius 1 is 1.32 bits per heavy atom. The van der Waals surface area contributed by atoms with Gasteiger partial charge in [0.2, 0.25) is 0 Å². The SMILES string of the molecule is Cc1ccc(-c2nc(Cn3ccccc3=O)cs2)o1. The van der Waals surface area contributed by atoms with E-state index in [0.717, 1.165) is 22.2 Å². The first-order valence-electron chi connectivity index (χ1n) is 5.89. The van der Waals surface area contributed by atoms with Gasteiger partial charge in [0, 0.05) is 17.6 Å². The monoisotopic (exact) mass is 272 g/mol. The number of hydrogen-bond acceptors (Lipinski definition) is 4. The van der Waals surface area contributed by atoms with E-state index in [4.69, 9.17) is 4.42 Å². The molecule has 0 aliphatic rings. The standard InChI is InChI=1S/C14H12N2O2S/c1-10-5-6-12(18-10)14-15-11(9-19-14)8-16-7-3-2-4-13(16)17/h2-7,9H,8H2,1H3. The lowest BCUT2D eigenvalue weighted by molar-refractivity contribution is 0.547.